The van der Waals surface area contributed by atoms with E-state index in [1.165, 1.54) is 13.2 Å². The Morgan fingerprint density at radius 1 is 1.25 bits per heavy atom. The van der Waals surface area contributed by atoms with Crippen LogP contribution in [0.15, 0.2) is 42.5 Å². The Morgan fingerprint density at radius 3 is 2.70 bits per heavy atom. The maximum Gasteiger partial charge on any atom is 0.165 e. The maximum atomic E-state index is 13.6. The van der Waals surface area contributed by atoms with Crippen LogP contribution in [0.4, 0.5) is 10.1 Å². The zero-order valence-electron chi connectivity index (χ0n) is 11.4. The minimum atomic E-state index is -0.371. The molecule has 0 atom stereocenters. The fourth-order valence-electron chi connectivity index (χ4n) is 1.99. The van der Waals surface area contributed by atoms with Gasteiger partial charge in [0.2, 0.25) is 0 Å². The van der Waals surface area contributed by atoms with E-state index in [2.05, 4.69) is 6.07 Å². The quantitative estimate of drug-likeness (QED) is 0.855. The molecule has 0 aromatic heterocycles. The molecule has 2 aromatic rings. The Morgan fingerprint density at radius 2 is 2.05 bits per heavy atom. The molecular formula is C16H15FN2O. The lowest BCUT2D eigenvalue weighted by Crippen LogP contribution is -2.16. The van der Waals surface area contributed by atoms with Gasteiger partial charge in [-0.1, -0.05) is 12.1 Å². The molecule has 20 heavy (non-hydrogen) atoms. The van der Waals surface area contributed by atoms with E-state index in [0.29, 0.717) is 12.1 Å². The first kappa shape index (κ1) is 13.9. The average molecular weight is 270 g/mol. The third-order valence-corrected chi connectivity index (χ3v) is 3.05. The van der Waals surface area contributed by atoms with Gasteiger partial charge in [-0.3, -0.25) is 0 Å². The molecule has 3 nitrogen and oxygen atoms in total. The molecule has 0 aliphatic heterocycles. The first-order valence-corrected chi connectivity index (χ1v) is 6.17. The molecule has 2 rings (SSSR count). The first-order valence-electron chi connectivity index (χ1n) is 6.17. The largest absolute Gasteiger partial charge is 0.494 e. The van der Waals surface area contributed by atoms with Gasteiger partial charge in [0.15, 0.2) is 11.6 Å². The molecule has 0 fully saturated rings. The molecule has 0 unspecified atom stereocenters. The molecule has 0 saturated carbocycles. The van der Waals surface area contributed by atoms with Gasteiger partial charge >= 0.3 is 0 Å². The second-order valence-electron chi connectivity index (χ2n) is 4.49. The van der Waals surface area contributed by atoms with Crippen molar-refractivity contribution in [3.05, 3.63) is 59.4 Å². The van der Waals surface area contributed by atoms with Gasteiger partial charge in [-0.15, -0.1) is 0 Å². The van der Waals surface area contributed by atoms with Crippen LogP contribution in [-0.2, 0) is 6.54 Å². The predicted molar refractivity (Wildman–Crippen MR) is 76.2 cm³/mol. The Labute approximate surface area is 117 Å². The molecule has 0 amide bonds. The molecule has 0 aliphatic rings. The lowest BCUT2D eigenvalue weighted by molar-refractivity contribution is 0.386. The third-order valence-electron chi connectivity index (χ3n) is 3.05. The van der Waals surface area contributed by atoms with E-state index >= 15 is 0 Å². The molecule has 0 saturated heterocycles. The van der Waals surface area contributed by atoms with Crippen molar-refractivity contribution >= 4 is 5.69 Å². The van der Waals surface area contributed by atoms with E-state index in [-0.39, 0.29) is 11.6 Å². The summed E-state index contributed by atoms with van der Waals surface area (Å²) in [5, 5.41) is 8.90. The monoisotopic (exact) mass is 270 g/mol. The minimum absolute atomic E-state index is 0.239. The summed E-state index contributed by atoms with van der Waals surface area (Å²) in [5.41, 5.74) is 2.36. The smallest absolute Gasteiger partial charge is 0.165 e. The number of hydrogen-bond donors (Lipinski definition) is 0. The van der Waals surface area contributed by atoms with Gasteiger partial charge in [0.25, 0.3) is 0 Å². The van der Waals surface area contributed by atoms with Crippen LogP contribution >= 0.6 is 0 Å². The number of nitriles is 1. The standard InChI is InChI=1S/C16H15FN2O/c1-19(14-5-3-4-12(8-14)10-18)11-13-6-7-16(20-2)15(17)9-13/h3-9H,11H2,1-2H3. The topological polar surface area (TPSA) is 36.3 Å². The normalized spacial score (nSPS) is 9.90. The van der Waals surface area contributed by atoms with Crippen LogP contribution in [0.3, 0.4) is 0 Å². The van der Waals surface area contributed by atoms with Crippen LogP contribution in [0.2, 0.25) is 0 Å². The lowest BCUT2D eigenvalue weighted by atomic mass is 10.1. The summed E-state index contributed by atoms with van der Waals surface area (Å²) in [6, 6.07) is 14.3. The molecule has 4 heteroatoms. The molecule has 2 aromatic carbocycles. The van der Waals surface area contributed by atoms with E-state index in [1.54, 1.807) is 18.2 Å². The summed E-state index contributed by atoms with van der Waals surface area (Å²) in [6.07, 6.45) is 0. The number of ether oxygens (including phenoxy) is 1. The van der Waals surface area contributed by atoms with Crippen molar-refractivity contribution in [2.45, 2.75) is 6.54 Å². The number of nitrogens with zero attached hydrogens (tertiary/aromatic N) is 2. The molecule has 0 heterocycles. The highest BCUT2D eigenvalue weighted by atomic mass is 19.1. The first-order chi connectivity index (χ1) is 9.63. The maximum absolute atomic E-state index is 13.6. The SMILES string of the molecule is COc1ccc(CN(C)c2cccc(C#N)c2)cc1F. The lowest BCUT2D eigenvalue weighted by Gasteiger charge is -2.19. The molecule has 0 radical (unpaired) electrons. The third kappa shape index (κ3) is 3.07. The zero-order chi connectivity index (χ0) is 14.5. The fraction of sp³-hybridized carbons (Fsp3) is 0.188. The van der Waals surface area contributed by atoms with Crippen molar-refractivity contribution in [2.75, 3.05) is 19.1 Å². The Hall–Kier alpha value is -2.54. The van der Waals surface area contributed by atoms with E-state index in [9.17, 15) is 4.39 Å². The predicted octanol–water partition coefficient (Wildman–Crippen LogP) is 3.34. The number of methoxy groups -OCH3 is 1. The van der Waals surface area contributed by atoms with E-state index in [4.69, 9.17) is 10.00 Å². The summed E-state index contributed by atoms with van der Waals surface area (Å²) in [4.78, 5) is 1.96. The molecule has 0 aliphatic carbocycles. The van der Waals surface area contributed by atoms with Gasteiger partial charge in [-0.2, -0.15) is 5.26 Å². The second-order valence-corrected chi connectivity index (χ2v) is 4.49. The van der Waals surface area contributed by atoms with Gasteiger partial charge in [0, 0.05) is 19.3 Å². The van der Waals surface area contributed by atoms with Crippen LogP contribution in [-0.4, -0.2) is 14.2 Å². The minimum Gasteiger partial charge on any atom is -0.494 e. The summed E-state index contributed by atoms with van der Waals surface area (Å²) in [7, 11) is 3.34. The van der Waals surface area contributed by atoms with Crippen molar-refractivity contribution in [2.24, 2.45) is 0 Å². The van der Waals surface area contributed by atoms with Crippen LogP contribution in [0.5, 0.6) is 5.75 Å². The van der Waals surface area contributed by atoms with Gasteiger partial charge in [0.05, 0.1) is 18.7 Å². The van der Waals surface area contributed by atoms with Gasteiger partial charge in [-0.25, -0.2) is 4.39 Å². The molecular weight excluding hydrogens is 255 g/mol. The Balaban J connectivity index is 2.17. The zero-order valence-corrected chi connectivity index (χ0v) is 11.4. The Kier molecular flexibility index (Phi) is 4.21. The highest BCUT2D eigenvalue weighted by molar-refractivity contribution is 5.51. The van der Waals surface area contributed by atoms with Gasteiger partial charge in [-0.05, 0) is 35.9 Å². The van der Waals surface area contributed by atoms with Crippen LogP contribution in [0.1, 0.15) is 11.1 Å². The van der Waals surface area contributed by atoms with Crippen molar-refractivity contribution in [3.8, 4) is 11.8 Å². The Bertz CT molecular complexity index is 649. The summed E-state index contributed by atoms with van der Waals surface area (Å²) < 4.78 is 18.5. The molecule has 0 bridgehead atoms. The second kappa shape index (κ2) is 6.07. The number of rotatable bonds is 4. The number of hydrogen-bond acceptors (Lipinski definition) is 3. The highest BCUT2D eigenvalue weighted by Crippen LogP contribution is 2.21. The molecule has 0 spiro atoms. The van der Waals surface area contributed by atoms with Crippen molar-refractivity contribution < 1.29 is 9.13 Å². The summed E-state index contributed by atoms with van der Waals surface area (Å²) in [6.45, 7) is 0.551. The van der Waals surface area contributed by atoms with Crippen molar-refractivity contribution in [1.29, 1.82) is 5.26 Å². The number of anilines is 1. The molecule has 0 N–H and O–H groups in total. The van der Waals surface area contributed by atoms with Crippen LogP contribution in [0.25, 0.3) is 0 Å². The van der Waals surface area contributed by atoms with Crippen LogP contribution in [0, 0.1) is 17.1 Å². The van der Waals surface area contributed by atoms with Crippen LogP contribution < -0.4 is 9.64 Å². The molecule has 102 valence electrons. The summed E-state index contributed by atoms with van der Waals surface area (Å²) >= 11 is 0. The highest BCUT2D eigenvalue weighted by Gasteiger charge is 2.07. The average Bonchev–Trinajstić information content (AvgIpc) is 2.47. The van der Waals surface area contributed by atoms with Gasteiger partial charge in [0.1, 0.15) is 0 Å². The van der Waals surface area contributed by atoms with E-state index < -0.39 is 0 Å². The van der Waals surface area contributed by atoms with E-state index in [1.807, 2.05) is 30.1 Å². The van der Waals surface area contributed by atoms with Crippen molar-refractivity contribution in [3.63, 3.8) is 0 Å². The van der Waals surface area contributed by atoms with E-state index in [0.717, 1.165) is 11.3 Å². The van der Waals surface area contributed by atoms with Gasteiger partial charge < -0.3 is 9.64 Å². The summed E-state index contributed by atoms with van der Waals surface area (Å²) in [5.74, 6) is -0.132. The number of halogens is 1. The van der Waals surface area contributed by atoms with Crippen molar-refractivity contribution in [1.82, 2.24) is 0 Å². The number of benzene rings is 2. The fourth-order valence-corrected chi connectivity index (χ4v) is 1.99.